The summed E-state index contributed by atoms with van der Waals surface area (Å²) in [6, 6.07) is 113. The van der Waals surface area contributed by atoms with Crippen LogP contribution in [-0.2, 0) is 10.8 Å². The molecule has 1 nitrogen and oxygen atoms in total. The summed E-state index contributed by atoms with van der Waals surface area (Å²) in [5, 5.41) is 5.00. The van der Waals surface area contributed by atoms with Gasteiger partial charge in [0.25, 0.3) is 0 Å². The van der Waals surface area contributed by atoms with E-state index in [0.29, 0.717) is 0 Å². The Morgan fingerprint density at radius 1 is 0.244 bits per heavy atom. The van der Waals surface area contributed by atoms with E-state index in [9.17, 15) is 0 Å². The monoisotopic (exact) mass is 991 g/mol. The minimum absolute atomic E-state index is 0.442. The molecule has 366 valence electrons. The number of anilines is 3. The lowest BCUT2D eigenvalue weighted by Gasteiger charge is -2.35. The van der Waals surface area contributed by atoms with E-state index in [1.165, 1.54) is 116 Å². The molecule has 13 aromatic rings. The normalized spacial score (nSPS) is 14.6. The number of fused-ring (bicyclic) bond motifs is 9. The zero-order valence-electron chi connectivity index (χ0n) is 43.3. The number of benzene rings is 13. The molecule has 2 aliphatic rings. The van der Waals surface area contributed by atoms with Crippen LogP contribution < -0.4 is 4.90 Å². The maximum atomic E-state index is 2.51. The second-order valence-electron chi connectivity index (χ2n) is 21.2. The van der Waals surface area contributed by atoms with E-state index in [4.69, 9.17) is 0 Å². The highest BCUT2D eigenvalue weighted by atomic mass is 15.1. The van der Waals surface area contributed by atoms with Gasteiger partial charge in [-0.25, -0.2) is 0 Å². The second kappa shape index (κ2) is 18.2. The Hall–Kier alpha value is -9.82. The van der Waals surface area contributed by atoms with E-state index >= 15 is 0 Å². The summed E-state index contributed by atoms with van der Waals surface area (Å²) in [6.07, 6.45) is 0. The zero-order chi connectivity index (χ0) is 51.8. The second-order valence-corrected chi connectivity index (χ2v) is 21.2. The van der Waals surface area contributed by atoms with Gasteiger partial charge in [0.05, 0.1) is 5.41 Å². The fraction of sp³-hybridized carbons (Fsp3) is 0.0390. The first-order valence-electron chi connectivity index (χ1n) is 27.2. The lowest BCUT2D eigenvalue weighted by molar-refractivity contribution is 0.714. The van der Waals surface area contributed by atoms with Crippen molar-refractivity contribution in [3.63, 3.8) is 0 Å². The van der Waals surface area contributed by atoms with Gasteiger partial charge in [0.1, 0.15) is 0 Å². The van der Waals surface area contributed by atoms with Crippen molar-refractivity contribution in [2.24, 2.45) is 0 Å². The van der Waals surface area contributed by atoms with Gasteiger partial charge in [-0.3, -0.25) is 0 Å². The van der Waals surface area contributed by atoms with Gasteiger partial charge in [-0.05, 0) is 159 Å². The Labute approximate surface area is 456 Å². The van der Waals surface area contributed by atoms with Crippen LogP contribution in [0.15, 0.2) is 303 Å². The molecule has 0 saturated carbocycles. The third-order valence-corrected chi connectivity index (χ3v) is 17.2. The molecule has 0 fully saturated rings. The average Bonchev–Trinajstić information content (AvgIpc) is 3.93. The van der Waals surface area contributed by atoms with Gasteiger partial charge < -0.3 is 4.90 Å². The van der Waals surface area contributed by atoms with Crippen molar-refractivity contribution in [3.05, 3.63) is 342 Å². The van der Waals surface area contributed by atoms with E-state index in [2.05, 4.69) is 315 Å². The molecular weight excluding hydrogens is 939 g/mol. The van der Waals surface area contributed by atoms with Crippen LogP contribution in [0.25, 0.3) is 77.2 Å². The van der Waals surface area contributed by atoms with Gasteiger partial charge in [0.15, 0.2) is 0 Å². The predicted octanol–water partition coefficient (Wildman–Crippen LogP) is 20.2. The Morgan fingerprint density at radius 3 is 1.24 bits per heavy atom. The van der Waals surface area contributed by atoms with E-state index < -0.39 is 10.8 Å². The highest BCUT2D eigenvalue weighted by molar-refractivity contribution is 6.21. The van der Waals surface area contributed by atoms with Gasteiger partial charge in [-0.15, -0.1) is 0 Å². The smallest absolute Gasteiger partial charge is 0.0714 e. The summed E-state index contributed by atoms with van der Waals surface area (Å²) in [5.41, 5.74) is 23.6. The Morgan fingerprint density at radius 2 is 0.654 bits per heavy atom. The maximum Gasteiger partial charge on any atom is 0.0714 e. The van der Waals surface area contributed by atoms with Gasteiger partial charge in [0.2, 0.25) is 0 Å². The quantitative estimate of drug-likeness (QED) is 0.130. The molecule has 0 aliphatic heterocycles. The van der Waals surface area contributed by atoms with Crippen molar-refractivity contribution in [2.45, 2.75) is 17.8 Å². The maximum absolute atomic E-state index is 2.51. The Balaban J connectivity index is 0.987. The van der Waals surface area contributed by atoms with Crippen LogP contribution in [-0.4, -0.2) is 0 Å². The summed E-state index contributed by atoms with van der Waals surface area (Å²) in [7, 11) is 0. The van der Waals surface area contributed by atoms with Gasteiger partial charge in [-0.2, -0.15) is 0 Å². The summed E-state index contributed by atoms with van der Waals surface area (Å²) in [5.74, 6) is 0. The lowest BCUT2D eigenvalue weighted by atomic mass is 9.67. The van der Waals surface area contributed by atoms with Crippen molar-refractivity contribution in [3.8, 4) is 55.6 Å². The van der Waals surface area contributed by atoms with Crippen LogP contribution in [0.2, 0.25) is 0 Å². The van der Waals surface area contributed by atoms with Crippen LogP contribution >= 0.6 is 0 Å². The Kier molecular flexibility index (Phi) is 10.6. The van der Waals surface area contributed by atoms with Gasteiger partial charge >= 0.3 is 0 Å². The number of rotatable bonds is 9. The predicted molar refractivity (Wildman–Crippen MR) is 327 cm³/mol. The molecule has 0 saturated heterocycles. The molecule has 13 aromatic carbocycles. The molecule has 0 radical (unpaired) electrons. The van der Waals surface area contributed by atoms with Crippen molar-refractivity contribution in [1.29, 1.82) is 0 Å². The largest absolute Gasteiger partial charge is 0.310 e. The van der Waals surface area contributed by atoms with Crippen molar-refractivity contribution in [2.75, 3.05) is 4.90 Å². The average molecular weight is 992 g/mol. The molecule has 0 aromatic heterocycles. The first-order chi connectivity index (χ1) is 38.6. The van der Waals surface area contributed by atoms with E-state index in [1.54, 1.807) is 0 Å². The molecule has 78 heavy (non-hydrogen) atoms. The third kappa shape index (κ3) is 6.81. The molecule has 0 heterocycles. The van der Waals surface area contributed by atoms with Crippen molar-refractivity contribution < 1.29 is 0 Å². The topological polar surface area (TPSA) is 3.24 Å². The molecular formula is C77H53N. The van der Waals surface area contributed by atoms with Gasteiger partial charge in [0, 0.05) is 22.5 Å². The Bertz CT molecular complexity index is 4370. The number of hydrogen-bond acceptors (Lipinski definition) is 1. The standard InChI is InChI=1S/C77H53N/c1-76(55-28-11-4-12-29-55)70-41-23-39-61(52-24-7-2-8-25-52)75(70)68-49-47-59(50-71(68)76)78(60-46-48-65-64-36-21-22-40-69(64)77(72(65)51-60,56-30-13-5-14-31-56)57-32-15-6-16-33-57)58-44-42-54(43-45-58)74-67-38-20-18-35-63(67)62-34-17-19-37-66(62)73(74)53-26-9-3-10-27-53/h2-51H,1H3. The SMILES string of the molecule is CC1(c2ccccc2)c2cc(N(c3ccc(-c4c(-c5ccccc5)c5ccccc5c5ccccc45)cc3)c3ccc4c(c3)C(c3ccccc3)(c3ccccc3)c3ccccc3-4)ccc2-c2c(-c3ccccc3)cccc21. The minimum atomic E-state index is -0.565. The molecule has 1 unspecified atom stereocenters. The van der Waals surface area contributed by atoms with E-state index in [-0.39, 0.29) is 0 Å². The van der Waals surface area contributed by atoms with Gasteiger partial charge in [-0.1, -0.05) is 267 Å². The van der Waals surface area contributed by atoms with Crippen LogP contribution in [0, 0.1) is 0 Å². The zero-order valence-corrected chi connectivity index (χ0v) is 43.3. The summed E-state index contributed by atoms with van der Waals surface area (Å²) >= 11 is 0. The summed E-state index contributed by atoms with van der Waals surface area (Å²) in [6.45, 7) is 2.43. The lowest BCUT2D eigenvalue weighted by Crippen LogP contribution is -2.28. The molecule has 0 amide bonds. The van der Waals surface area contributed by atoms with Crippen molar-refractivity contribution in [1.82, 2.24) is 0 Å². The van der Waals surface area contributed by atoms with Crippen LogP contribution in [0.1, 0.15) is 45.9 Å². The molecule has 0 spiro atoms. The highest BCUT2D eigenvalue weighted by Crippen LogP contribution is 2.59. The molecule has 1 atom stereocenters. The summed E-state index contributed by atoms with van der Waals surface area (Å²) in [4.78, 5) is 2.51. The fourth-order valence-electron chi connectivity index (χ4n) is 13.8. The summed E-state index contributed by atoms with van der Waals surface area (Å²) < 4.78 is 0. The first kappa shape index (κ1) is 45.6. The van der Waals surface area contributed by atoms with E-state index in [0.717, 1.165) is 17.1 Å². The highest BCUT2D eigenvalue weighted by Gasteiger charge is 2.47. The van der Waals surface area contributed by atoms with Crippen LogP contribution in [0.3, 0.4) is 0 Å². The number of nitrogens with zero attached hydrogens (tertiary/aromatic N) is 1. The molecule has 0 bridgehead atoms. The first-order valence-corrected chi connectivity index (χ1v) is 27.2. The minimum Gasteiger partial charge on any atom is -0.310 e. The molecule has 0 N–H and O–H groups in total. The fourth-order valence-corrected chi connectivity index (χ4v) is 13.8. The third-order valence-electron chi connectivity index (χ3n) is 17.2. The van der Waals surface area contributed by atoms with E-state index in [1.807, 2.05) is 0 Å². The van der Waals surface area contributed by atoms with Crippen LogP contribution in [0.5, 0.6) is 0 Å². The molecule has 15 rings (SSSR count). The van der Waals surface area contributed by atoms with Crippen LogP contribution in [0.4, 0.5) is 17.1 Å². The molecule has 2 aliphatic carbocycles. The molecule has 1 heteroatoms. The van der Waals surface area contributed by atoms with Crippen molar-refractivity contribution >= 4 is 38.6 Å². The number of hydrogen-bond donors (Lipinski definition) is 0.